The number of benzene rings is 3. The van der Waals surface area contributed by atoms with Crippen molar-refractivity contribution >= 4 is 52.1 Å². The zero-order chi connectivity index (χ0) is 26.7. The summed E-state index contributed by atoms with van der Waals surface area (Å²) in [6.45, 7) is 8.10. The molecule has 0 saturated carbocycles. The van der Waals surface area contributed by atoms with E-state index in [0.717, 1.165) is 6.42 Å². The summed E-state index contributed by atoms with van der Waals surface area (Å²) >= 11 is 13.0. The lowest BCUT2D eigenvalue weighted by atomic mass is 9.97. The van der Waals surface area contributed by atoms with Crippen LogP contribution in [0.4, 0.5) is 11.4 Å². The summed E-state index contributed by atoms with van der Waals surface area (Å²) in [6, 6.07) is 19.8. The largest absolute Gasteiger partial charge is 0.325 e. The number of hydrogen-bond acceptors (Lipinski definition) is 3. The number of benzodiazepines with no additional fused rings is 1. The molecule has 7 heteroatoms. The van der Waals surface area contributed by atoms with E-state index in [1.165, 1.54) is 10.5 Å². The number of hydrogen-bond donors (Lipinski definition) is 1. The van der Waals surface area contributed by atoms with Crippen molar-refractivity contribution in [3.05, 3.63) is 93.5 Å². The Morgan fingerprint density at radius 1 is 1.00 bits per heavy atom. The van der Waals surface area contributed by atoms with E-state index < -0.39 is 6.04 Å². The number of nitrogens with one attached hydrogen (secondary N) is 1. The van der Waals surface area contributed by atoms with Crippen LogP contribution in [0.1, 0.15) is 56.7 Å². The number of amides is 2. The summed E-state index contributed by atoms with van der Waals surface area (Å²) in [5.74, 6) is -0.183. The fraction of sp³-hybridized carbons (Fsp3) is 0.300. The van der Waals surface area contributed by atoms with E-state index in [-0.39, 0.29) is 24.3 Å². The van der Waals surface area contributed by atoms with Crippen LogP contribution in [0.5, 0.6) is 0 Å². The fourth-order valence-electron chi connectivity index (χ4n) is 4.40. The lowest BCUT2D eigenvalue weighted by Crippen LogP contribution is -2.44. The van der Waals surface area contributed by atoms with Gasteiger partial charge in [-0.1, -0.05) is 87.6 Å². The third-order valence-electron chi connectivity index (χ3n) is 6.77. The van der Waals surface area contributed by atoms with Crippen LogP contribution in [0.3, 0.4) is 0 Å². The summed E-state index contributed by atoms with van der Waals surface area (Å²) in [6.07, 6.45) is 0.745. The maximum atomic E-state index is 13.9. The van der Waals surface area contributed by atoms with Gasteiger partial charge in [0.1, 0.15) is 12.6 Å². The molecule has 0 spiro atoms. The van der Waals surface area contributed by atoms with E-state index in [0.29, 0.717) is 44.2 Å². The van der Waals surface area contributed by atoms with Crippen LogP contribution in [0.2, 0.25) is 10.0 Å². The van der Waals surface area contributed by atoms with Gasteiger partial charge in [0, 0.05) is 26.9 Å². The predicted octanol–water partition coefficient (Wildman–Crippen LogP) is 7.35. The van der Waals surface area contributed by atoms with Crippen molar-refractivity contribution in [3.8, 4) is 0 Å². The molecular weight excluding hydrogens is 505 g/mol. The first-order chi connectivity index (χ1) is 17.7. The maximum Gasteiger partial charge on any atom is 0.252 e. The monoisotopic (exact) mass is 535 g/mol. The maximum absolute atomic E-state index is 13.9. The first-order valence-electron chi connectivity index (χ1n) is 12.5. The molecule has 0 unspecified atom stereocenters. The summed E-state index contributed by atoms with van der Waals surface area (Å²) in [5, 5.41) is 3.96. The third-order valence-corrected chi connectivity index (χ3v) is 7.33. The highest BCUT2D eigenvalue weighted by molar-refractivity contribution is 6.37. The molecule has 4 rings (SSSR count). The highest BCUT2D eigenvalue weighted by Gasteiger charge is 2.36. The highest BCUT2D eigenvalue weighted by atomic mass is 35.5. The molecule has 0 aliphatic carbocycles. The molecule has 2 amide bonds. The Hall–Kier alpha value is -3.15. The van der Waals surface area contributed by atoms with E-state index >= 15 is 0 Å². The van der Waals surface area contributed by atoms with Crippen molar-refractivity contribution in [1.82, 2.24) is 0 Å². The molecule has 1 heterocycles. The number of rotatable bonds is 7. The third kappa shape index (κ3) is 5.89. The predicted molar refractivity (Wildman–Crippen MR) is 153 cm³/mol. The van der Waals surface area contributed by atoms with Gasteiger partial charge in [0.05, 0.1) is 11.4 Å². The Morgan fingerprint density at radius 3 is 2.35 bits per heavy atom. The second kappa shape index (κ2) is 11.5. The minimum absolute atomic E-state index is 0.0519. The lowest BCUT2D eigenvalue weighted by molar-refractivity contribution is -0.123. The van der Waals surface area contributed by atoms with Gasteiger partial charge in [0.15, 0.2) is 0 Å². The summed E-state index contributed by atoms with van der Waals surface area (Å²) < 4.78 is 0. The fourth-order valence-corrected chi connectivity index (χ4v) is 4.79. The van der Waals surface area contributed by atoms with Crippen LogP contribution in [0.25, 0.3) is 0 Å². The minimum atomic E-state index is -0.680. The molecule has 0 radical (unpaired) electrons. The molecule has 5 nitrogen and oxygen atoms in total. The Balaban J connectivity index is 1.75. The Labute approximate surface area is 228 Å². The molecule has 3 aromatic rings. The zero-order valence-electron chi connectivity index (χ0n) is 21.5. The summed E-state index contributed by atoms with van der Waals surface area (Å²) in [7, 11) is 0. The molecule has 1 aliphatic rings. The van der Waals surface area contributed by atoms with Gasteiger partial charge in [-0.25, -0.2) is 0 Å². The standard InChI is InChI=1S/C30H31Cl2N3O2/c1-5-19(4)28-30(37)35(17-27(36)33-22-13-10-20(11-14-22)18(2)3)26-15-12-21(31)16-24(26)29(34-28)23-8-6-7-9-25(23)32/h6-16,18-19,28H,5,17H2,1-4H3,(H,33,36)/t19-,28-/m0/s1. The Kier molecular flexibility index (Phi) is 8.35. The summed E-state index contributed by atoms with van der Waals surface area (Å²) in [4.78, 5) is 33.6. The Morgan fingerprint density at radius 2 is 1.70 bits per heavy atom. The SMILES string of the molecule is CC[C@H](C)[C@@H]1N=C(c2ccccc2Cl)c2cc(Cl)ccc2N(CC(=O)Nc2ccc(C(C)C)cc2)C1=O. The van der Waals surface area contributed by atoms with Crippen LogP contribution < -0.4 is 10.2 Å². The first kappa shape index (κ1) is 26.9. The van der Waals surface area contributed by atoms with Crippen LogP contribution in [0, 0.1) is 5.92 Å². The van der Waals surface area contributed by atoms with Crippen molar-refractivity contribution in [2.24, 2.45) is 10.9 Å². The number of nitrogens with zero attached hydrogens (tertiary/aromatic N) is 2. The van der Waals surface area contributed by atoms with Gasteiger partial charge < -0.3 is 10.2 Å². The minimum Gasteiger partial charge on any atom is -0.325 e. The molecule has 2 atom stereocenters. The smallest absolute Gasteiger partial charge is 0.252 e. The quantitative estimate of drug-likeness (QED) is 0.343. The molecular formula is C30H31Cl2N3O2. The molecule has 192 valence electrons. The van der Waals surface area contributed by atoms with Crippen molar-refractivity contribution in [2.45, 2.75) is 46.1 Å². The van der Waals surface area contributed by atoms with E-state index in [4.69, 9.17) is 28.2 Å². The van der Waals surface area contributed by atoms with Gasteiger partial charge in [-0.05, 0) is 53.8 Å². The average molecular weight is 537 g/mol. The Bertz CT molecular complexity index is 1330. The topological polar surface area (TPSA) is 61.8 Å². The molecule has 1 N–H and O–H groups in total. The number of fused-ring (bicyclic) bond motifs is 1. The van der Waals surface area contributed by atoms with Gasteiger partial charge in [0.25, 0.3) is 5.91 Å². The van der Waals surface area contributed by atoms with Crippen molar-refractivity contribution in [2.75, 3.05) is 16.8 Å². The molecule has 3 aromatic carbocycles. The van der Waals surface area contributed by atoms with E-state index in [1.807, 2.05) is 56.3 Å². The molecule has 0 saturated heterocycles. The lowest BCUT2D eigenvalue weighted by Gasteiger charge is -2.26. The van der Waals surface area contributed by atoms with Gasteiger partial charge in [-0.15, -0.1) is 0 Å². The summed E-state index contributed by atoms with van der Waals surface area (Å²) in [5.41, 5.74) is 4.41. The highest BCUT2D eigenvalue weighted by Crippen LogP contribution is 2.34. The average Bonchev–Trinajstić information content (AvgIpc) is 2.99. The normalized spacial score (nSPS) is 16.2. The van der Waals surface area contributed by atoms with Crippen LogP contribution in [0.15, 0.2) is 71.7 Å². The van der Waals surface area contributed by atoms with E-state index in [2.05, 4.69) is 19.2 Å². The van der Waals surface area contributed by atoms with E-state index in [1.54, 1.807) is 24.3 Å². The van der Waals surface area contributed by atoms with Gasteiger partial charge in [-0.3, -0.25) is 14.6 Å². The molecule has 0 aromatic heterocycles. The van der Waals surface area contributed by atoms with Crippen molar-refractivity contribution in [1.29, 1.82) is 0 Å². The second-order valence-corrected chi connectivity index (χ2v) is 10.5. The van der Waals surface area contributed by atoms with Crippen LogP contribution >= 0.6 is 23.2 Å². The number of anilines is 2. The zero-order valence-corrected chi connectivity index (χ0v) is 23.0. The van der Waals surface area contributed by atoms with Gasteiger partial charge in [-0.2, -0.15) is 0 Å². The number of aliphatic imine (C=N–C) groups is 1. The number of halogens is 2. The first-order valence-corrected chi connectivity index (χ1v) is 13.3. The number of carbonyl (C=O) groups excluding carboxylic acids is 2. The number of carbonyl (C=O) groups is 2. The van der Waals surface area contributed by atoms with Gasteiger partial charge >= 0.3 is 0 Å². The van der Waals surface area contributed by atoms with Crippen molar-refractivity contribution in [3.63, 3.8) is 0 Å². The van der Waals surface area contributed by atoms with E-state index in [9.17, 15) is 9.59 Å². The van der Waals surface area contributed by atoms with Crippen LogP contribution in [-0.4, -0.2) is 30.1 Å². The van der Waals surface area contributed by atoms with Crippen molar-refractivity contribution < 1.29 is 9.59 Å². The molecule has 0 bridgehead atoms. The van der Waals surface area contributed by atoms with Gasteiger partial charge in [0.2, 0.25) is 5.91 Å². The second-order valence-electron chi connectivity index (χ2n) is 9.70. The molecule has 0 fully saturated rings. The van der Waals surface area contributed by atoms with Crippen LogP contribution in [-0.2, 0) is 9.59 Å². The molecule has 37 heavy (non-hydrogen) atoms. The molecule has 1 aliphatic heterocycles.